The number of carbonyl (C=O) groups is 2. The Kier molecular flexibility index (Phi) is 12.6. The average molecular weight is 810 g/mol. The van der Waals surface area contributed by atoms with E-state index in [1.54, 1.807) is 12.1 Å². The molecule has 2 aromatic rings. The standard InChI is InChI=1S/C35H43N3O13S3/c1-21-16-27-31(19-29(21)36-10-4-14-48-50-51-52)49-32-20-30(37-11-5-15-54(3,45,46)47)22(2)17-28(32)33(27)25-7-6-24(53(42,43)44)18-26(25)34(39)38-12-8-23(9-13-38)35(40)41/h6-7,16-20,23,37,52H,4-5,8-15H2,1-3H3,(H,40,41)(H,42,43,44)(H2,45,46,47). The number of anilines is 1. The number of amides is 1. The summed E-state index contributed by atoms with van der Waals surface area (Å²) in [6, 6.07) is 10.9. The quantitative estimate of drug-likeness (QED) is 0.0193. The molecule has 3 aliphatic rings. The van der Waals surface area contributed by atoms with Gasteiger partial charge in [0.05, 0.1) is 33.1 Å². The van der Waals surface area contributed by atoms with Gasteiger partial charge in [-0.1, -0.05) is 11.1 Å². The Morgan fingerprint density at radius 2 is 1.80 bits per heavy atom. The number of thiol groups is 1. The summed E-state index contributed by atoms with van der Waals surface area (Å²) in [5.41, 5.74) is 3.96. The van der Waals surface area contributed by atoms with Gasteiger partial charge in [-0.15, -0.1) is 4.33 Å². The summed E-state index contributed by atoms with van der Waals surface area (Å²) in [5.74, 6) is -2.06. The van der Waals surface area contributed by atoms with Gasteiger partial charge in [-0.3, -0.25) is 9.59 Å². The molecule has 0 spiro atoms. The lowest BCUT2D eigenvalue weighted by atomic mass is 9.88. The number of nitrogens with one attached hydrogen (secondary N) is 2. The molecule has 16 nitrogen and oxygen atoms in total. The number of carbonyl (C=O) groups excluding carboxylic acids is 1. The molecule has 5 rings (SSSR count). The molecule has 0 bridgehead atoms. The van der Waals surface area contributed by atoms with Gasteiger partial charge in [-0.25, -0.2) is 22.5 Å². The third kappa shape index (κ3) is 10.2. The molecule has 19 heteroatoms. The van der Waals surface area contributed by atoms with Crippen molar-refractivity contribution < 1.29 is 64.6 Å². The van der Waals surface area contributed by atoms with E-state index in [-0.39, 0.29) is 56.8 Å². The first kappa shape index (κ1) is 41.2. The lowest BCUT2D eigenvalue weighted by molar-refractivity contribution is -0.508. The van der Waals surface area contributed by atoms with Gasteiger partial charge in [0, 0.05) is 90.4 Å². The van der Waals surface area contributed by atoms with Crippen molar-refractivity contribution in [1.82, 2.24) is 4.90 Å². The predicted octanol–water partition coefficient (Wildman–Crippen LogP) is 2.96. The minimum absolute atomic E-state index is 0.0486. The van der Waals surface area contributed by atoms with Crippen LogP contribution >= 0.6 is 12.9 Å². The fourth-order valence-electron chi connectivity index (χ4n) is 6.48. The summed E-state index contributed by atoms with van der Waals surface area (Å²) in [7, 11) is -9.65. The summed E-state index contributed by atoms with van der Waals surface area (Å²) in [6.45, 7) is 4.90. The van der Waals surface area contributed by atoms with Crippen LogP contribution in [0.25, 0.3) is 33.4 Å². The van der Waals surface area contributed by atoms with E-state index in [9.17, 15) is 41.0 Å². The molecule has 2 aromatic carbocycles. The van der Waals surface area contributed by atoms with E-state index < -0.39 is 42.4 Å². The number of rotatable bonds is 15. The first-order valence-corrected chi connectivity index (χ1v) is 21.2. The van der Waals surface area contributed by atoms with Crippen molar-refractivity contribution in [2.45, 2.75) is 44.4 Å². The van der Waals surface area contributed by atoms with Crippen LogP contribution in [-0.4, -0.2) is 93.0 Å². The van der Waals surface area contributed by atoms with Crippen molar-refractivity contribution in [2.75, 3.05) is 50.1 Å². The van der Waals surface area contributed by atoms with Crippen molar-refractivity contribution in [1.29, 1.82) is 0 Å². The first-order valence-electron chi connectivity index (χ1n) is 17.0. The Morgan fingerprint density at radius 3 is 2.44 bits per heavy atom. The van der Waals surface area contributed by atoms with Crippen LogP contribution in [0.3, 0.4) is 0 Å². The van der Waals surface area contributed by atoms with Crippen LogP contribution in [0.4, 0.5) is 5.69 Å². The van der Waals surface area contributed by atoms with Crippen LogP contribution in [0.2, 0.25) is 0 Å². The number of fused-ring (bicyclic) bond motifs is 2. The molecule has 1 aliphatic carbocycles. The van der Waals surface area contributed by atoms with Gasteiger partial charge < -0.3 is 33.4 Å². The minimum Gasteiger partial charge on any atom is -0.744 e. The SMILES string of the molecule is Cc1cc2c(-c3ccc(S(=O)(=O)[O-])cc3C(=O)N3CCC(C(=O)O)CC3)c3cc(C)c(=[NH+]CCCOOOS)cc-3oc2cc1NCCCS(C)(=O)(O)O. The normalized spacial score (nSPS) is 15.4. The van der Waals surface area contributed by atoms with Gasteiger partial charge >= 0.3 is 5.97 Å². The molecule has 0 aromatic heterocycles. The van der Waals surface area contributed by atoms with Gasteiger partial charge in [-0.05, 0) is 68.5 Å². The molecule has 1 saturated heterocycles. The number of piperidine rings is 1. The van der Waals surface area contributed by atoms with E-state index in [2.05, 4.69) is 32.6 Å². The van der Waals surface area contributed by atoms with Crippen LogP contribution < -0.4 is 15.7 Å². The highest BCUT2D eigenvalue weighted by Crippen LogP contribution is 2.43. The highest BCUT2D eigenvalue weighted by molar-refractivity contribution is 8.09. The fraction of sp³-hybridized carbons (Fsp3) is 0.400. The highest BCUT2D eigenvalue weighted by Gasteiger charge is 2.31. The van der Waals surface area contributed by atoms with Crippen molar-refractivity contribution in [3.05, 3.63) is 64.5 Å². The maximum absolute atomic E-state index is 14.3. The molecule has 0 saturated carbocycles. The number of hydrogen-bond donors (Lipinski definition) is 6. The Balaban J connectivity index is 1.69. The number of carboxylic acids is 1. The first-order chi connectivity index (χ1) is 25.3. The number of aliphatic carboxylic acids is 1. The van der Waals surface area contributed by atoms with Gasteiger partial charge in [-0.2, -0.15) is 0 Å². The zero-order chi connectivity index (χ0) is 39.4. The Hall–Kier alpha value is -3.92. The fourth-order valence-corrected chi connectivity index (χ4v) is 7.83. The molecule has 0 atom stereocenters. The molecule has 2 heterocycles. The largest absolute Gasteiger partial charge is 0.744 e. The minimum atomic E-state index is -4.97. The number of benzene rings is 3. The number of carboxylic acid groups (broad SMARTS) is 1. The van der Waals surface area contributed by atoms with Crippen LogP contribution in [0.1, 0.15) is 47.2 Å². The van der Waals surface area contributed by atoms with Gasteiger partial charge in [0.15, 0.2) is 0 Å². The summed E-state index contributed by atoms with van der Waals surface area (Å²) in [6.07, 6.45) is 2.04. The third-order valence-electron chi connectivity index (χ3n) is 9.23. The molecule has 1 amide bonds. The molecule has 5 N–H and O–H groups in total. The molecule has 294 valence electrons. The summed E-state index contributed by atoms with van der Waals surface area (Å²) < 4.78 is 78.8. The average Bonchev–Trinajstić information content (AvgIpc) is 3.09. The number of aryl methyl sites for hydroxylation is 2. The molecule has 0 radical (unpaired) electrons. The number of hydrogen-bond acceptors (Lipinski definition) is 12. The van der Waals surface area contributed by atoms with E-state index >= 15 is 0 Å². The lowest BCUT2D eigenvalue weighted by Gasteiger charge is -2.31. The smallest absolute Gasteiger partial charge is 0.306 e. The van der Waals surface area contributed by atoms with Crippen LogP contribution in [0, 0.1) is 19.8 Å². The van der Waals surface area contributed by atoms with E-state index in [4.69, 9.17) is 9.30 Å². The molecular weight excluding hydrogens is 767 g/mol. The topological polar surface area (TPSA) is 239 Å². The number of nitrogens with zero attached hydrogens (tertiary/aromatic N) is 1. The van der Waals surface area contributed by atoms with Crippen LogP contribution in [0.15, 0.2) is 51.8 Å². The summed E-state index contributed by atoms with van der Waals surface area (Å²) in [4.78, 5) is 34.9. The van der Waals surface area contributed by atoms with Crippen molar-refractivity contribution >= 4 is 61.2 Å². The second-order valence-corrected chi connectivity index (χ2v) is 18.3. The van der Waals surface area contributed by atoms with Gasteiger partial charge in [0.1, 0.15) is 28.0 Å². The monoisotopic (exact) mass is 809 g/mol. The highest BCUT2D eigenvalue weighted by atomic mass is 32.3. The number of likely N-dealkylation sites (tertiary alicyclic amines) is 1. The summed E-state index contributed by atoms with van der Waals surface area (Å²) >= 11 is 3.44. The van der Waals surface area contributed by atoms with Crippen LogP contribution in [-0.2, 0) is 38.8 Å². The Labute approximate surface area is 317 Å². The third-order valence-corrected chi connectivity index (χ3v) is 11.3. The van der Waals surface area contributed by atoms with Crippen molar-refractivity contribution in [3.63, 3.8) is 0 Å². The van der Waals surface area contributed by atoms with E-state index in [0.29, 0.717) is 52.1 Å². The van der Waals surface area contributed by atoms with Gasteiger partial charge in [0.25, 0.3) is 5.91 Å². The maximum Gasteiger partial charge on any atom is 0.306 e. The van der Waals surface area contributed by atoms with E-state index in [1.165, 1.54) is 11.0 Å². The molecule has 54 heavy (non-hydrogen) atoms. The summed E-state index contributed by atoms with van der Waals surface area (Å²) in [5, 5.41) is 18.3. The lowest BCUT2D eigenvalue weighted by Crippen LogP contribution is -2.77. The molecule has 0 unspecified atom stereocenters. The molecule has 2 aliphatic heterocycles. The zero-order valence-corrected chi connectivity index (χ0v) is 32.4. The van der Waals surface area contributed by atoms with Gasteiger partial charge in [0.2, 0.25) is 5.36 Å². The Bertz CT molecular complexity index is 2270. The second-order valence-electron chi connectivity index (χ2n) is 13.5. The zero-order valence-electron chi connectivity index (χ0n) is 29.8. The maximum atomic E-state index is 14.3. The second kappa shape index (κ2) is 16.4. The predicted molar refractivity (Wildman–Crippen MR) is 200 cm³/mol. The van der Waals surface area contributed by atoms with Crippen molar-refractivity contribution in [3.8, 4) is 22.5 Å². The Morgan fingerprint density at radius 1 is 1.07 bits per heavy atom. The van der Waals surface area contributed by atoms with E-state index in [0.717, 1.165) is 34.9 Å². The molecule has 1 fully saturated rings. The molecular formula is C35H43N3O13S3. The van der Waals surface area contributed by atoms with E-state index in [1.807, 2.05) is 26.0 Å². The van der Waals surface area contributed by atoms with Crippen molar-refractivity contribution in [2.24, 2.45) is 5.92 Å². The van der Waals surface area contributed by atoms with Crippen LogP contribution in [0.5, 0.6) is 0 Å².